The highest BCUT2D eigenvalue weighted by Gasteiger charge is 1.72. The molecule has 0 atom stereocenters. The molecule has 0 saturated carbocycles. The highest BCUT2D eigenvalue weighted by Crippen LogP contribution is 1.90. The number of aromatic nitrogens is 1. The van der Waals surface area contributed by atoms with Crippen LogP contribution in [-0.4, -0.2) is 22.7 Å². The second-order valence-corrected chi connectivity index (χ2v) is 1.27. The van der Waals surface area contributed by atoms with E-state index in [0.29, 0.717) is 0 Å². The molecule has 0 radical (unpaired) electrons. The number of hydrogen-bond donors (Lipinski definition) is 4. The minimum Gasteiger partial charge on any atom is -0.430 e. The van der Waals surface area contributed by atoms with E-state index in [0.717, 1.165) is 5.82 Å². The van der Waals surface area contributed by atoms with Crippen molar-refractivity contribution in [2.75, 3.05) is 5.73 Å². The Morgan fingerprint density at radius 1 is 1.56 bits per heavy atom. The first-order valence-corrected chi connectivity index (χ1v) is 2.42. The molecule has 1 aromatic heterocycles. The largest absolute Gasteiger partial charge is 0.432 e. The van der Waals surface area contributed by atoms with Gasteiger partial charge >= 0.3 is 7.69 Å². The Kier molecular flexibility index (Phi) is 4.67. The summed E-state index contributed by atoms with van der Waals surface area (Å²) in [6, 6.07) is 3.66. The second-order valence-electron chi connectivity index (χ2n) is 1.27. The van der Waals surface area contributed by atoms with E-state index in [4.69, 9.17) is 15.8 Å². The van der Waals surface area contributed by atoms with Crippen molar-refractivity contribution in [2.24, 2.45) is 0 Å². The number of rotatable bonds is 0. The van der Waals surface area contributed by atoms with Crippen molar-refractivity contribution in [2.45, 2.75) is 0 Å². The van der Waals surface area contributed by atoms with Crippen LogP contribution < -0.4 is 5.73 Å². The number of nitrogens with two attached hydrogens (primary N) is 1. The molecular formula is C4H9BN2O2. The monoisotopic (exact) mass is 128 g/mol. The van der Waals surface area contributed by atoms with Gasteiger partial charge in [-0.15, -0.1) is 0 Å². The summed E-state index contributed by atoms with van der Waals surface area (Å²) in [4.78, 5) is 2.78. The average Bonchev–Trinajstić information content (AvgIpc) is 2.20. The maximum atomic E-state index is 7.12. The lowest BCUT2D eigenvalue weighted by atomic mass is 10.5. The van der Waals surface area contributed by atoms with Crippen molar-refractivity contribution in [3.8, 4) is 0 Å². The highest BCUT2D eigenvalue weighted by molar-refractivity contribution is 6.13. The molecule has 0 aromatic carbocycles. The zero-order valence-electron chi connectivity index (χ0n) is 4.91. The van der Waals surface area contributed by atoms with Crippen molar-refractivity contribution < 1.29 is 10.0 Å². The lowest BCUT2D eigenvalue weighted by Crippen LogP contribution is -1.79. The molecular weight excluding hydrogens is 119 g/mol. The van der Waals surface area contributed by atoms with Gasteiger partial charge in [0.1, 0.15) is 5.82 Å². The number of nitrogens with one attached hydrogen (secondary N) is 1. The van der Waals surface area contributed by atoms with Gasteiger partial charge in [0, 0.05) is 6.20 Å². The molecule has 0 aliphatic carbocycles. The normalized spacial score (nSPS) is 7.33. The predicted molar refractivity (Wildman–Crippen MR) is 36.8 cm³/mol. The first kappa shape index (κ1) is 8.06. The average molecular weight is 128 g/mol. The molecule has 0 aliphatic rings. The van der Waals surface area contributed by atoms with Crippen molar-refractivity contribution in [3.63, 3.8) is 0 Å². The molecule has 0 spiro atoms. The fourth-order valence-electron chi connectivity index (χ4n) is 0.344. The van der Waals surface area contributed by atoms with Gasteiger partial charge in [0.05, 0.1) is 0 Å². The fraction of sp³-hybridized carbons (Fsp3) is 0. The Morgan fingerprint density at radius 3 is 2.22 bits per heavy atom. The molecule has 0 saturated heterocycles. The molecule has 1 aromatic rings. The summed E-state index contributed by atoms with van der Waals surface area (Å²) in [5.74, 6) is 0.718. The van der Waals surface area contributed by atoms with Gasteiger partial charge < -0.3 is 20.8 Å². The van der Waals surface area contributed by atoms with Crippen molar-refractivity contribution in [1.29, 1.82) is 0 Å². The van der Waals surface area contributed by atoms with E-state index in [1.165, 1.54) is 0 Å². The zero-order chi connectivity index (χ0) is 7.11. The number of hydrogen-bond acceptors (Lipinski definition) is 3. The molecule has 0 aliphatic heterocycles. The summed E-state index contributed by atoms with van der Waals surface area (Å²) < 4.78 is 0. The standard InChI is InChI=1S/C4H6N2.BH3O2/c5-4-2-1-3-6-4;2-1-3/h1-3,6H,5H2;1-3H. The van der Waals surface area contributed by atoms with Gasteiger partial charge in [-0.25, -0.2) is 0 Å². The molecule has 4 nitrogen and oxygen atoms in total. The molecule has 0 unspecified atom stereocenters. The van der Waals surface area contributed by atoms with Gasteiger partial charge in [-0.05, 0) is 12.1 Å². The second kappa shape index (κ2) is 5.21. The van der Waals surface area contributed by atoms with Crippen LogP contribution in [0.25, 0.3) is 0 Å². The van der Waals surface area contributed by atoms with Crippen LogP contribution in [0, 0.1) is 0 Å². The number of aromatic amines is 1. The third-order valence-electron chi connectivity index (χ3n) is 0.622. The molecule has 50 valence electrons. The summed E-state index contributed by atoms with van der Waals surface area (Å²) in [6.07, 6.45) is 1.79. The van der Waals surface area contributed by atoms with Crippen LogP contribution in [0.4, 0.5) is 5.82 Å². The Bertz CT molecular complexity index is 131. The van der Waals surface area contributed by atoms with Crippen LogP contribution in [0.2, 0.25) is 0 Å². The van der Waals surface area contributed by atoms with Gasteiger partial charge in [-0.1, -0.05) is 0 Å². The zero-order valence-corrected chi connectivity index (χ0v) is 4.91. The van der Waals surface area contributed by atoms with E-state index >= 15 is 0 Å². The molecule has 1 rings (SSSR count). The highest BCUT2D eigenvalue weighted by atomic mass is 16.4. The van der Waals surface area contributed by atoms with Crippen LogP contribution in [0.5, 0.6) is 0 Å². The molecule has 1 heterocycles. The number of H-pyrrole nitrogens is 1. The Morgan fingerprint density at radius 2 is 2.11 bits per heavy atom. The van der Waals surface area contributed by atoms with Gasteiger partial charge in [-0.3, -0.25) is 0 Å². The molecule has 0 fully saturated rings. The van der Waals surface area contributed by atoms with Crippen LogP contribution in [0.1, 0.15) is 0 Å². The Labute approximate surface area is 53.6 Å². The van der Waals surface area contributed by atoms with Gasteiger partial charge in [0.15, 0.2) is 0 Å². The summed E-state index contributed by atoms with van der Waals surface area (Å²) in [6.45, 7) is 0. The number of nitrogen functional groups attached to an aromatic ring is 1. The lowest BCUT2D eigenvalue weighted by molar-refractivity contribution is 0.448. The Hall–Kier alpha value is -0.935. The molecule has 5 N–H and O–H groups in total. The van der Waals surface area contributed by atoms with Crippen LogP contribution in [-0.2, 0) is 0 Å². The molecule has 9 heavy (non-hydrogen) atoms. The minimum atomic E-state index is -0.750. The molecule has 0 bridgehead atoms. The third-order valence-corrected chi connectivity index (χ3v) is 0.622. The molecule has 0 amide bonds. The smallest absolute Gasteiger partial charge is 0.430 e. The maximum absolute atomic E-state index is 7.12. The summed E-state index contributed by atoms with van der Waals surface area (Å²) in [7, 11) is -0.750. The van der Waals surface area contributed by atoms with E-state index in [1.54, 1.807) is 12.3 Å². The lowest BCUT2D eigenvalue weighted by Gasteiger charge is -1.72. The van der Waals surface area contributed by atoms with Crippen LogP contribution in [0.15, 0.2) is 18.3 Å². The van der Waals surface area contributed by atoms with Crippen LogP contribution >= 0.6 is 0 Å². The van der Waals surface area contributed by atoms with E-state index in [1.807, 2.05) is 6.07 Å². The van der Waals surface area contributed by atoms with Crippen molar-refractivity contribution in [1.82, 2.24) is 4.98 Å². The first-order valence-electron chi connectivity index (χ1n) is 2.42. The summed E-state index contributed by atoms with van der Waals surface area (Å²) in [5.41, 5.74) is 5.22. The third kappa shape index (κ3) is 4.93. The first-order chi connectivity index (χ1) is 4.31. The van der Waals surface area contributed by atoms with E-state index in [9.17, 15) is 0 Å². The predicted octanol–water partition coefficient (Wildman–Crippen LogP) is -1.17. The maximum Gasteiger partial charge on any atom is 0.432 e. The topological polar surface area (TPSA) is 82.3 Å². The van der Waals surface area contributed by atoms with Gasteiger partial charge in [0.2, 0.25) is 0 Å². The summed E-state index contributed by atoms with van der Waals surface area (Å²) in [5, 5.41) is 14.2. The van der Waals surface area contributed by atoms with Gasteiger partial charge in [0.25, 0.3) is 0 Å². The van der Waals surface area contributed by atoms with Gasteiger partial charge in [-0.2, -0.15) is 0 Å². The minimum absolute atomic E-state index is 0.718. The van der Waals surface area contributed by atoms with Crippen molar-refractivity contribution in [3.05, 3.63) is 18.3 Å². The van der Waals surface area contributed by atoms with E-state index in [2.05, 4.69) is 4.98 Å². The van der Waals surface area contributed by atoms with E-state index < -0.39 is 7.69 Å². The summed E-state index contributed by atoms with van der Waals surface area (Å²) >= 11 is 0. The fourth-order valence-corrected chi connectivity index (χ4v) is 0.344. The van der Waals surface area contributed by atoms with E-state index in [-0.39, 0.29) is 0 Å². The van der Waals surface area contributed by atoms with Crippen LogP contribution in [0.3, 0.4) is 0 Å². The van der Waals surface area contributed by atoms with Crippen molar-refractivity contribution >= 4 is 13.5 Å². The Balaban J connectivity index is 0.000000187. The molecule has 5 heteroatoms. The SMILES string of the molecule is Nc1ccc[nH]1.OBO. The number of anilines is 1. The quantitative estimate of drug-likeness (QED) is 0.332.